The highest BCUT2D eigenvalue weighted by Crippen LogP contribution is 2.17. The Kier molecular flexibility index (Phi) is 3.78. The van der Waals surface area contributed by atoms with Gasteiger partial charge < -0.3 is 5.32 Å². The van der Waals surface area contributed by atoms with Gasteiger partial charge in [0.05, 0.1) is 5.69 Å². The van der Waals surface area contributed by atoms with Crippen LogP contribution in [0.25, 0.3) is 11.3 Å². The third-order valence-corrected chi connectivity index (χ3v) is 3.44. The van der Waals surface area contributed by atoms with E-state index in [2.05, 4.69) is 60.7 Å². The number of rotatable bonds is 4. The zero-order valence-corrected chi connectivity index (χ0v) is 12.3. The predicted octanol–water partition coefficient (Wildman–Crippen LogP) is 3.85. The van der Waals surface area contributed by atoms with E-state index in [9.17, 15) is 0 Å². The molecule has 0 aliphatic rings. The molecule has 2 aromatic heterocycles. The molecule has 0 saturated carbocycles. The van der Waals surface area contributed by atoms with Crippen LogP contribution in [0.15, 0.2) is 59.3 Å². The zero-order chi connectivity index (χ0) is 13.8. The molecule has 100 valence electrons. The summed E-state index contributed by atoms with van der Waals surface area (Å²) in [4.78, 5) is 4.28. The second-order valence-electron chi connectivity index (χ2n) is 4.38. The van der Waals surface area contributed by atoms with Crippen molar-refractivity contribution in [3.8, 4) is 11.3 Å². The Morgan fingerprint density at radius 3 is 2.55 bits per heavy atom. The zero-order valence-electron chi connectivity index (χ0n) is 10.7. The van der Waals surface area contributed by atoms with Crippen LogP contribution < -0.4 is 5.32 Å². The lowest BCUT2D eigenvalue weighted by Crippen LogP contribution is -2.00. The van der Waals surface area contributed by atoms with Crippen LogP contribution in [0.4, 0.5) is 5.82 Å². The maximum atomic E-state index is 4.28. The number of nitrogens with zero attached hydrogens (tertiary/aromatic N) is 2. The van der Waals surface area contributed by atoms with E-state index in [1.165, 1.54) is 5.56 Å². The van der Waals surface area contributed by atoms with Crippen LogP contribution in [0.2, 0.25) is 0 Å². The molecule has 2 heterocycles. The summed E-state index contributed by atoms with van der Waals surface area (Å²) in [6.07, 6.45) is 3.54. The first kappa shape index (κ1) is 12.9. The van der Waals surface area contributed by atoms with E-state index in [-0.39, 0.29) is 0 Å². The lowest BCUT2D eigenvalue weighted by molar-refractivity contribution is 1.09. The van der Waals surface area contributed by atoms with Gasteiger partial charge in [0.25, 0.3) is 0 Å². The molecule has 1 aromatic carbocycles. The lowest BCUT2D eigenvalue weighted by Gasteiger charge is -2.06. The Bertz CT molecular complexity index is 660. The standard InChI is InChI=1S/C15H13BrN4/c16-13-5-6-15(18-10-13)17-9-11-1-3-12(4-2-11)14-7-8-19-20-14/h1-8,10H,9H2,(H,17,18)(H,19,20). The van der Waals surface area contributed by atoms with Crippen molar-refractivity contribution in [2.75, 3.05) is 5.32 Å². The fraction of sp³-hybridized carbons (Fsp3) is 0.0667. The maximum absolute atomic E-state index is 4.28. The number of hydrogen-bond acceptors (Lipinski definition) is 3. The molecule has 3 rings (SSSR count). The molecule has 0 atom stereocenters. The number of H-pyrrole nitrogens is 1. The highest BCUT2D eigenvalue weighted by atomic mass is 79.9. The molecule has 5 heteroatoms. The number of benzene rings is 1. The van der Waals surface area contributed by atoms with Crippen LogP contribution in [0.3, 0.4) is 0 Å². The van der Waals surface area contributed by atoms with E-state index < -0.39 is 0 Å². The minimum absolute atomic E-state index is 0.748. The smallest absolute Gasteiger partial charge is 0.126 e. The summed E-state index contributed by atoms with van der Waals surface area (Å²) >= 11 is 3.37. The fourth-order valence-corrected chi connectivity index (χ4v) is 2.13. The van der Waals surface area contributed by atoms with Gasteiger partial charge in [-0.3, -0.25) is 5.10 Å². The number of aromatic nitrogens is 3. The van der Waals surface area contributed by atoms with Gasteiger partial charge in [-0.1, -0.05) is 24.3 Å². The third kappa shape index (κ3) is 3.05. The summed E-state index contributed by atoms with van der Waals surface area (Å²) in [7, 11) is 0. The minimum Gasteiger partial charge on any atom is -0.366 e. The van der Waals surface area contributed by atoms with Gasteiger partial charge in [-0.25, -0.2) is 4.98 Å². The van der Waals surface area contributed by atoms with Crippen molar-refractivity contribution in [3.63, 3.8) is 0 Å². The van der Waals surface area contributed by atoms with Crippen LogP contribution in [-0.4, -0.2) is 15.2 Å². The number of halogens is 1. The lowest BCUT2D eigenvalue weighted by atomic mass is 10.1. The van der Waals surface area contributed by atoms with Crippen molar-refractivity contribution in [1.82, 2.24) is 15.2 Å². The van der Waals surface area contributed by atoms with E-state index in [1.807, 2.05) is 18.2 Å². The normalized spacial score (nSPS) is 10.4. The Morgan fingerprint density at radius 2 is 1.90 bits per heavy atom. The second-order valence-corrected chi connectivity index (χ2v) is 5.30. The molecule has 0 fully saturated rings. The van der Waals surface area contributed by atoms with Gasteiger partial charge in [-0.15, -0.1) is 0 Å². The summed E-state index contributed by atoms with van der Waals surface area (Å²) in [6, 6.07) is 14.2. The molecule has 0 unspecified atom stereocenters. The monoisotopic (exact) mass is 328 g/mol. The largest absolute Gasteiger partial charge is 0.366 e. The van der Waals surface area contributed by atoms with Crippen molar-refractivity contribution >= 4 is 21.7 Å². The van der Waals surface area contributed by atoms with Crippen molar-refractivity contribution in [1.29, 1.82) is 0 Å². The average Bonchev–Trinajstić information content (AvgIpc) is 3.01. The predicted molar refractivity (Wildman–Crippen MR) is 83.3 cm³/mol. The van der Waals surface area contributed by atoms with Crippen molar-refractivity contribution in [2.45, 2.75) is 6.54 Å². The molecule has 20 heavy (non-hydrogen) atoms. The van der Waals surface area contributed by atoms with Crippen molar-refractivity contribution in [2.24, 2.45) is 0 Å². The third-order valence-electron chi connectivity index (χ3n) is 2.97. The summed E-state index contributed by atoms with van der Waals surface area (Å²) in [5.41, 5.74) is 3.37. The molecule has 2 N–H and O–H groups in total. The van der Waals surface area contributed by atoms with Gasteiger partial charge in [0.1, 0.15) is 5.82 Å². The average molecular weight is 329 g/mol. The number of anilines is 1. The first-order chi connectivity index (χ1) is 9.81. The van der Waals surface area contributed by atoms with Gasteiger partial charge in [0, 0.05) is 23.4 Å². The van der Waals surface area contributed by atoms with Crippen molar-refractivity contribution in [3.05, 3.63) is 64.9 Å². The Hall–Kier alpha value is -2.14. The van der Waals surface area contributed by atoms with Crippen LogP contribution >= 0.6 is 15.9 Å². The van der Waals surface area contributed by atoms with Gasteiger partial charge >= 0.3 is 0 Å². The van der Waals surface area contributed by atoms with E-state index in [4.69, 9.17) is 0 Å². The summed E-state index contributed by atoms with van der Waals surface area (Å²) in [5.74, 6) is 0.867. The Balaban J connectivity index is 1.65. The van der Waals surface area contributed by atoms with Crippen LogP contribution in [0, 0.1) is 0 Å². The number of hydrogen-bond donors (Lipinski definition) is 2. The van der Waals surface area contributed by atoms with Gasteiger partial charge in [0.15, 0.2) is 0 Å². The highest BCUT2D eigenvalue weighted by Gasteiger charge is 1.99. The van der Waals surface area contributed by atoms with Crippen LogP contribution in [0.5, 0.6) is 0 Å². The quantitative estimate of drug-likeness (QED) is 0.764. The highest BCUT2D eigenvalue weighted by molar-refractivity contribution is 9.10. The molecule has 0 saturated heterocycles. The Morgan fingerprint density at radius 1 is 1.05 bits per heavy atom. The molecule has 4 nitrogen and oxygen atoms in total. The molecule has 0 aliphatic heterocycles. The molecule has 0 spiro atoms. The molecular formula is C15H13BrN4. The second kappa shape index (κ2) is 5.88. The topological polar surface area (TPSA) is 53.6 Å². The number of aromatic amines is 1. The maximum Gasteiger partial charge on any atom is 0.126 e. The summed E-state index contributed by atoms with van der Waals surface area (Å²) in [6.45, 7) is 0.748. The van der Waals surface area contributed by atoms with Crippen LogP contribution in [-0.2, 0) is 6.54 Å². The fourth-order valence-electron chi connectivity index (χ4n) is 1.89. The first-order valence-electron chi connectivity index (χ1n) is 6.25. The van der Waals surface area contributed by atoms with Gasteiger partial charge in [0.2, 0.25) is 0 Å². The van der Waals surface area contributed by atoms with Crippen molar-refractivity contribution < 1.29 is 0 Å². The number of nitrogens with one attached hydrogen (secondary N) is 2. The van der Waals surface area contributed by atoms with E-state index in [0.29, 0.717) is 0 Å². The SMILES string of the molecule is Brc1ccc(NCc2ccc(-c3ccn[nH]3)cc2)nc1. The molecule has 0 amide bonds. The first-order valence-corrected chi connectivity index (χ1v) is 7.05. The molecular weight excluding hydrogens is 316 g/mol. The van der Waals surface area contributed by atoms with Gasteiger partial charge in [-0.2, -0.15) is 5.10 Å². The summed E-state index contributed by atoms with van der Waals surface area (Å²) < 4.78 is 0.979. The van der Waals surface area contributed by atoms with E-state index in [1.54, 1.807) is 12.4 Å². The molecule has 0 radical (unpaired) electrons. The minimum atomic E-state index is 0.748. The van der Waals surface area contributed by atoms with E-state index in [0.717, 1.165) is 28.1 Å². The molecule has 0 aliphatic carbocycles. The Labute approximate surface area is 125 Å². The number of pyridine rings is 1. The van der Waals surface area contributed by atoms with E-state index >= 15 is 0 Å². The molecule has 3 aromatic rings. The van der Waals surface area contributed by atoms with Crippen LogP contribution in [0.1, 0.15) is 5.56 Å². The molecule has 0 bridgehead atoms. The van der Waals surface area contributed by atoms with Gasteiger partial charge in [-0.05, 0) is 45.3 Å². The summed E-state index contributed by atoms with van der Waals surface area (Å²) in [5, 5.41) is 10.2.